The van der Waals surface area contributed by atoms with E-state index in [4.69, 9.17) is 6.42 Å². The minimum Gasteiger partial charge on any atom is -0.333 e. The number of hydrogen-bond acceptors (Lipinski definition) is 0. The Labute approximate surface area is 99.4 Å². The second kappa shape index (κ2) is 3.77. The van der Waals surface area contributed by atoms with Crippen LogP contribution in [0.5, 0.6) is 0 Å². The van der Waals surface area contributed by atoms with Crippen molar-refractivity contribution in [2.75, 3.05) is 6.54 Å². The minimum absolute atomic E-state index is 0.658. The Balaban J connectivity index is 1.75. The summed E-state index contributed by atoms with van der Waals surface area (Å²) in [5, 5.41) is 2.41. The van der Waals surface area contributed by atoms with Gasteiger partial charge in [0.2, 0.25) is 0 Å². The highest BCUT2D eigenvalue weighted by molar-refractivity contribution is 5.03. The van der Waals surface area contributed by atoms with Crippen LogP contribution >= 0.6 is 0 Å². The molecule has 0 aromatic rings. The standard InChI is InChI=1S/C15H23N/c1-3-4-16-11(2)15-8-12-5-13(9-15)7-14(6-12)10-15/h1,11-14,16H,4-10H2,2H3/p+1/t11-,12?,13?,14?,15?/m1/s1. The topological polar surface area (TPSA) is 16.6 Å². The van der Waals surface area contributed by atoms with E-state index >= 15 is 0 Å². The quantitative estimate of drug-likeness (QED) is 0.696. The van der Waals surface area contributed by atoms with Gasteiger partial charge >= 0.3 is 0 Å². The van der Waals surface area contributed by atoms with Crippen molar-refractivity contribution >= 4 is 0 Å². The van der Waals surface area contributed by atoms with Gasteiger partial charge in [-0.25, -0.2) is 0 Å². The maximum absolute atomic E-state index is 5.39. The van der Waals surface area contributed by atoms with Crippen molar-refractivity contribution in [1.82, 2.24) is 0 Å². The van der Waals surface area contributed by atoms with Gasteiger partial charge in [-0.2, -0.15) is 0 Å². The summed E-state index contributed by atoms with van der Waals surface area (Å²) in [5.74, 6) is 5.96. The molecule has 0 radical (unpaired) electrons. The van der Waals surface area contributed by atoms with Gasteiger partial charge in [0.05, 0.1) is 6.04 Å². The summed E-state index contributed by atoms with van der Waals surface area (Å²) in [5.41, 5.74) is 0.658. The fraction of sp³-hybridized carbons (Fsp3) is 0.867. The van der Waals surface area contributed by atoms with Gasteiger partial charge in [0.1, 0.15) is 6.54 Å². The summed E-state index contributed by atoms with van der Waals surface area (Å²) in [4.78, 5) is 0. The highest BCUT2D eigenvalue weighted by Crippen LogP contribution is 2.60. The van der Waals surface area contributed by atoms with Crippen LogP contribution in [0.25, 0.3) is 0 Å². The fourth-order valence-electron chi connectivity index (χ4n) is 5.23. The third kappa shape index (κ3) is 1.59. The Morgan fingerprint density at radius 1 is 1.19 bits per heavy atom. The molecule has 0 heterocycles. The molecule has 1 heteroatoms. The first-order chi connectivity index (χ1) is 7.72. The molecule has 16 heavy (non-hydrogen) atoms. The van der Waals surface area contributed by atoms with E-state index in [0.717, 1.165) is 30.3 Å². The summed E-state index contributed by atoms with van der Waals surface area (Å²) >= 11 is 0. The lowest BCUT2D eigenvalue weighted by Gasteiger charge is -2.57. The molecule has 0 aromatic heterocycles. The zero-order chi connectivity index (χ0) is 11.2. The minimum atomic E-state index is 0.658. The molecule has 4 aliphatic rings. The van der Waals surface area contributed by atoms with Crippen LogP contribution in [0.3, 0.4) is 0 Å². The average Bonchev–Trinajstić information content (AvgIpc) is 2.24. The van der Waals surface area contributed by atoms with E-state index in [0.29, 0.717) is 5.41 Å². The maximum atomic E-state index is 5.39. The van der Waals surface area contributed by atoms with Crippen LogP contribution in [0.2, 0.25) is 0 Å². The Bertz CT molecular complexity index is 277. The van der Waals surface area contributed by atoms with E-state index in [1.807, 2.05) is 0 Å². The van der Waals surface area contributed by atoms with Gasteiger partial charge < -0.3 is 5.32 Å². The van der Waals surface area contributed by atoms with Gasteiger partial charge in [0, 0.05) is 5.41 Å². The van der Waals surface area contributed by atoms with Crippen molar-refractivity contribution < 1.29 is 5.32 Å². The highest BCUT2D eigenvalue weighted by Gasteiger charge is 2.54. The zero-order valence-electron chi connectivity index (χ0n) is 10.4. The van der Waals surface area contributed by atoms with Crippen molar-refractivity contribution in [3.8, 4) is 12.3 Å². The first kappa shape index (κ1) is 10.7. The monoisotopic (exact) mass is 218 g/mol. The first-order valence-corrected chi connectivity index (χ1v) is 6.98. The molecule has 4 rings (SSSR count). The maximum Gasteiger partial charge on any atom is 0.137 e. The van der Waals surface area contributed by atoms with E-state index in [9.17, 15) is 0 Å². The Kier molecular flexibility index (Phi) is 2.51. The molecule has 2 N–H and O–H groups in total. The lowest BCUT2D eigenvalue weighted by molar-refractivity contribution is -0.693. The summed E-state index contributed by atoms with van der Waals surface area (Å²) in [6, 6.07) is 0.747. The lowest BCUT2D eigenvalue weighted by atomic mass is 9.48. The normalized spacial score (nSPS) is 46.6. The molecule has 4 saturated carbocycles. The molecule has 0 saturated heterocycles. The molecular weight excluding hydrogens is 194 g/mol. The molecule has 4 fully saturated rings. The molecule has 0 aromatic carbocycles. The van der Waals surface area contributed by atoms with Crippen molar-refractivity contribution in [1.29, 1.82) is 0 Å². The average molecular weight is 218 g/mol. The molecule has 0 amide bonds. The SMILES string of the molecule is C#CC[NH2+][C@H](C)C12CC3CC(CC(C3)C1)C2. The number of terminal acetylenes is 1. The zero-order valence-corrected chi connectivity index (χ0v) is 10.4. The van der Waals surface area contributed by atoms with Crippen molar-refractivity contribution in [2.24, 2.45) is 23.2 Å². The Morgan fingerprint density at radius 3 is 2.12 bits per heavy atom. The third-order valence-corrected chi connectivity index (χ3v) is 5.64. The van der Waals surface area contributed by atoms with E-state index in [2.05, 4.69) is 18.2 Å². The molecule has 0 unspecified atom stereocenters. The van der Waals surface area contributed by atoms with Crippen molar-refractivity contribution in [2.45, 2.75) is 51.5 Å². The van der Waals surface area contributed by atoms with Gasteiger partial charge in [-0.1, -0.05) is 0 Å². The van der Waals surface area contributed by atoms with Gasteiger partial charge in [0.25, 0.3) is 0 Å². The molecule has 4 bridgehead atoms. The number of hydrogen-bond donors (Lipinski definition) is 1. The Hall–Kier alpha value is -0.480. The van der Waals surface area contributed by atoms with Crippen LogP contribution < -0.4 is 5.32 Å². The van der Waals surface area contributed by atoms with Gasteiger partial charge in [0.15, 0.2) is 0 Å². The molecule has 0 aliphatic heterocycles. The number of rotatable bonds is 3. The van der Waals surface area contributed by atoms with Gasteiger partial charge in [-0.05, 0) is 69.1 Å². The van der Waals surface area contributed by atoms with Crippen LogP contribution in [-0.4, -0.2) is 12.6 Å². The second-order valence-corrected chi connectivity index (χ2v) is 6.71. The largest absolute Gasteiger partial charge is 0.333 e. The smallest absolute Gasteiger partial charge is 0.137 e. The number of quaternary nitrogens is 1. The van der Waals surface area contributed by atoms with Crippen LogP contribution in [0, 0.1) is 35.5 Å². The first-order valence-electron chi connectivity index (χ1n) is 6.98. The van der Waals surface area contributed by atoms with Crippen LogP contribution in [0.1, 0.15) is 45.4 Å². The predicted octanol–water partition coefficient (Wildman–Crippen LogP) is 1.79. The molecular formula is C15H24N+. The second-order valence-electron chi connectivity index (χ2n) is 6.71. The summed E-state index contributed by atoms with van der Waals surface area (Å²) in [7, 11) is 0. The van der Waals surface area contributed by atoms with Crippen molar-refractivity contribution in [3.05, 3.63) is 0 Å². The fourth-order valence-corrected chi connectivity index (χ4v) is 5.23. The van der Waals surface area contributed by atoms with Crippen LogP contribution in [-0.2, 0) is 0 Å². The van der Waals surface area contributed by atoms with E-state index in [1.165, 1.54) is 19.3 Å². The summed E-state index contributed by atoms with van der Waals surface area (Å²) in [6.45, 7) is 3.29. The van der Waals surface area contributed by atoms with Crippen LogP contribution in [0.4, 0.5) is 0 Å². The van der Waals surface area contributed by atoms with Crippen LogP contribution in [0.15, 0.2) is 0 Å². The van der Waals surface area contributed by atoms with E-state index in [-0.39, 0.29) is 0 Å². The molecule has 1 atom stereocenters. The van der Waals surface area contributed by atoms with E-state index < -0.39 is 0 Å². The lowest BCUT2D eigenvalue weighted by Crippen LogP contribution is -2.92. The summed E-state index contributed by atoms with van der Waals surface area (Å²) in [6.07, 6.45) is 14.5. The molecule has 0 spiro atoms. The predicted molar refractivity (Wildman–Crippen MR) is 65.7 cm³/mol. The molecule has 88 valence electrons. The molecule has 1 nitrogen and oxygen atoms in total. The number of nitrogens with two attached hydrogens (primary N) is 1. The molecule has 4 aliphatic carbocycles. The summed E-state index contributed by atoms with van der Waals surface area (Å²) < 4.78 is 0. The van der Waals surface area contributed by atoms with Gasteiger partial charge in [-0.3, -0.25) is 0 Å². The highest BCUT2D eigenvalue weighted by atomic mass is 14.9. The van der Waals surface area contributed by atoms with Crippen molar-refractivity contribution in [3.63, 3.8) is 0 Å². The van der Waals surface area contributed by atoms with Gasteiger partial charge in [-0.15, -0.1) is 6.42 Å². The Morgan fingerprint density at radius 2 is 1.69 bits per heavy atom. The van der Waals surface area contributed by atoms with E-state index in [1.54, 1.807) is 19.3 Å². The third-order valence-electron chi connectivity index (χ3n) is 5.64.